The molecule has 0 bridgehead atoms. The van der Waals surface area contributed by atoms with Gasteiger partial charge in [0.15, 0.2) is 5.78 Å². The lowest BCUT2D eigenvalue weighted by molar-refractivity contribution is -0.185. The number of Topliss-reactive ketones (excluding diaryl/α,β-unsaturated/α-hetero) is 1. The number of allylic oxidation sites excluding steroid dienone is 5. The second-order valence-corrected chi connectivity index (χ2v) is 15.4. The summed E-state index contributed by atoms with van der Waals surface area (Å²) >= 11 is 0. The van der Waals surface area contributed by atoms with Crippen LogP contribution in [0.5, 0.6) is 0 Å². The van der Waals surface area contributed by atoms with Gasteiger partial charge in [-0.2, -0.15) is 5.26 Å². The molecule has 7 atom stereocenters. The lowest BCUT2D eigenvalue weighted by Crippen LogP contribution is -2.64. The van der Waals surface area contributed by atoms with Crippen molar-refractivity contribution < 1.29 is 14.3 Å². The van der Waals surface area contributed by atoms with Gasteiger partial charge in [0.25, 0.3) is 0 Å². The molecule has 206 valence electrons. The van der Waals surface area contributed by atoms with Crippen molar-refractivity contribution in [3.05, 3.63) is 34.9 Å². The number of nitrogens with zero attached hydrogens (tertiary/aromatic N) is 1. The summed E-state index contributed by atoms with van der Waals surface area (Å²) in [4.78, 5) is 27.0. The van der Waals surface area contributed by atoms with Gasteiger partial charge >= 0.3 is 5.97 Å². The number of carbonyl (C=O) groups is 2. The van der Waals surface area contributed by atoms with Crippen LogP contribution in [0.4, 0.5) is 0 Å². The maximum Gasteiger partial charge on any atom is 0.312 e. The van der Waals surface area contributed by atoms with Crippen LogP contribution in [0.2, 0.25) is 0 Å². The summed E-state index contributed by atoms with van der Waals surface area (Å²) in [5.41, 5.74) is 2.32. The van der Waals surface area contributed by atoms with Crippen LogP contribution in [-0.4, -0.2) is 18.9 Å². The van der Waals surface area contributed by atoms with Crippen LogP contribution in [-0.2, 0) is 14.3 Å². The predicted octanol–water partition coefficient (Wildman–Crippen LogP) is 7.76. The minimum atomic E-state index is -0.597. The highest BCUT2D eigenvalue weighted by Gasteiger charge is 2.70. The summed E-state index contributed by atoms with van der Waals surface area (Å²) in [5, 5.41) is 10.1. The van der Waals surface area contributed by atoms with Gasteiger partial charge in [-0.1, -0.05) is 72.3 Å². The van der Waals surface area contributed by atoms with Crippen molar-refractivity contribution in [1.82, 2.24) is 0 Å². The summed E-state index contributed by atoms with van der Waals surface area (Å²) in [6.45, 7) is 22.7. The number of esters is 1. The molecule has 0 N–H and O–H groups in total. The van der Waals surface area contributed by atoms with Crippen LogP contribution < -0.4 is 0 Å². The monoisotopic (exact) mass is 517 g/mol. The molecule has 5 aliphatic carbocycles. The van der Waals surface area contributed by atoms with E-state index in [0.29, 0.717) is 5.57 Å². The smallest absolute Gasteiger partial charge is 0.312 e. The molecule has 0 heterocycles. The molecule has 4 heteroatoms. The van der Waals surface area contributed by atoms with Gasteiger partial charge in [-0.25, -0.2) is 0 Å². The van der Waals surface area contributed by atoms with E-state index < -0.39 is 10.8 Å². The lowest BCUT2D eigenvalue weighted by Gasteiger charge is -2.70. The fourth-order valence-corrected chi connectivity index (χ4v) is 10.7. The first-order chi connectivity index (χ1) is 17.5. The molecule has 2 unspecified atom stereocenters. The average molecular weight is 518 g/mol. The van der Waals surface area contributed by atoms with E-state index >= 15 is 0 Å². The van der Waals surface area contributed by atoms with Crippen molar-refractivity contribution in [2.75, 3.05) is 7.11 Å². The first-order valence-corrected chi connectivity index (χ1v) is 14.6. The number of ether oxygens (including phenoxy) is 1. The van der Waals surface area contributed by atoms with Crippen LogP contribution in [0.15, 0.2) is 34.9 Å². The second-order valence-electron chi connectivity index (χ2n) is 15.4. The fraction of sp³-hybridized carbons (Fsp3) is 0.735. The molecule has 0 spiro atoms. The Kier molecular flexibility index (Phi) is 5.74. The van der Waals surface area contributed by atoms with Crippen molar-refractivity contribution in [1.29, 1.82) is 5.26 Å². The molecule has 0 aliphatic heterocycles. The van der Waals surface area contributed by atoms with Crippen molar-refractivity contribution >= 4 is 11.8 Å². The van der Waals surface area contributed by atoms with Crippen LogP contribution >= 0.6 is 0 Å². The van der Waals surface area contributed by atoms with Gasteiger partial charge in [0.05, 0.1) is 18.1 Å². The summed E-state index contributed by atoms with van der Waals surface area (Å²) < 4.78 is 5.50. The molecule has 0 aromatic carbocycles. The molecule has 4 nitrogen and oxygen atoms in total. The minimum Gasteiger partial charge on any atom is -0.469 e. The topological polar surface area (TPSA) is 67.2 Å². The van der Waals surface area contributed by atoms with Gasteiger partial charge in [0.1, 0.15) is 6.07 Å². The van der Waals surface area contributed by atoms with Crippen molar-refractivity contribution in [2.24, 2.45) is 50.2 Å². The number of carbonyl (C=O) groups excluding carboxylic acids is 2. The maximum atomic E-state index is 13.5. The third kappa shape index (κ3) is 3.03. The first-order valence-electron chi connectivity index (χ1n) is 14.6. The Balaban J connectivity index is 1.73. The molecule has 0 amide bonds. The number of methoxy groups -OCH3 is 1. The zero-order valence-corrected chi connectivity index (χ0v) is 25.1. The number of ketones is 1. The molecule has 0 saturated heterocycles. The van der Waals surface area contributed by atoms with E-state index in [0.717, 1.165) is 56.1 Å². The van der Waals surface area contributed by atoms with Crippen LogP contribution in [0.3, 0.4) is 0 Å². The van der Waals surface area contributed by atoms with Crippen LogP contribution in [0, 0.1) is 61.6 Å². The van der Waals surface area contributed by atoms with E-state index in [9.17, 15) is 14.9 Å². The standard InChI is InChI=1S/C34H47NO3/c1-20-17-25-31(7,12-11-24-30(5,6)27(36)22(19-35)21(2)33(24,25)9)32(8)14-16-34(28(37)38-10)15-13-29(3,4)18-23(34)26(20)32/h17,23-24,26H,1,11-16,18H2,2-10H3/t23?,24-,26?,31+,32+,33-,34-/m0/s1. The molecule has 3 saturated carbocycles. The van der Waals surface area contributed by atoms with Gasteiger partial charge < -0.3 is 4.74 Å². The van der Waals surface area contributed by atoms with E-state index in [-0.39, 0.29) is 51.2 Å². The zero-order chi connectivity index (χ0) is 28.3. The number of fused-ring (bicyclic) bond motifs is 7. The highest BCUT2D eigenvalue weighted by molar-refractivity contribution is 6.05. The normalized spacial score (nSPS) is 45.1. The Morgan fingerprint density at radius 1 is 1.05 bits per heavy atom. The fourth-order valence-electron chi connectivity index (χ4n) is 10.7. The lowest BCUT2D eigenvalue weighted by atomic mass is 9.33. The molecule has 38 heavy (non-hydrogen) atoms. The zero-order valence-electron chi connectivity index (χ0n) is 25.1. The van der Waals surface area contributed by atoms with E-state index in [1.165, 1.54) is 5.57 Å². The minimum absolute atomic E-state index is 0.00660. The number of hydrogen-bond donors (Lipinski definition) is 0. The van der Waals surface area contributed by atoms with Gasteiger partial charge in [0, 0.05) is 10.8 Å². The molecule has 0 aromatic rings. The highest BCUT2D eigenvalue weighted by atomic mass is 16.5. The third-order valence-electron chi connectivity index (χ3n) is 13.2. The largest absolute Gasteiger partial charge is 0.469 e. The Labute approximate surface area is 230 Å². The van der Waals surface area contributed by atoms with E-state index in [4.69, 9.17) is 11.3 Å². The first kappa shape index (κ1) is 27.4. The van der Waals surface area contributed by atoms with E-state index in [1.807, 2.05) is 20.8 Å². The van der Waals surface area contributed by atoms with Gasteiger partial charge in [-0.15, -0.1) is 0 Å². The van der Waals surface area contributed by atoms with Gasteiger partial charge in [-0.3, -0.25) is 9.59 Å². The Bertz CT molecular complexity index is 1240. The van der Waals surface area contributed by atoms with Crippen LogP contribution in [0.1, 0.15) is 100 Å². The summed E-state index contributed by atoms with van der Waals surface area (Å²) in [6.07, 6.45) is 9.04. The van der Waals surface area contributed by atoms with Crippen molar-refractivity contribution in [3.63, 3.8) is 0 Å². The van der Waals surface area contributed by atoms with E-state index in [1.54, 1.807) is 7.11 Å². The third-order valence-corrected chi connectivity index (χ3v) is 13.2. The summed E-state index contributed by atoms with van der Waals surface area (Å²) in [7, 11) is 1.55. The van der Waals surface area contributed by atoms with Gasteiger partial charge in [0.2, 0.25) is 0 Å². The predicted molar refractivity (Wildman–Crippen MR) is 150 cm³/mol. The average Bonchev–Trinajstić information content (AvgIpc) is 2.84. The number of nitriles is 1. The molecule has 0 aromatic heterocycles. The Morgan fingerprint density at radius 2 is 1.68 bits per heavy atom. The second kappa shape index (κ2) is 7.96. The molecular weight excluding hydrogens is 470 g/mol. The molecule has 0 radical (unpaired) electrons. The SMILES string of the molecule is C=C1C=C2[C@@]3(C)C(C)=C(C#N)C(=O)C(C)(C)[C@@H]3CC[C@@]2(C)[C@]2(C)CC[C@@]3(C(=O)OC)CCC(C)(C)CC3C12. The van der Waals surface area contributed by atoms with Crippen molar-refractivity contribution in [3.8, 4) is 6.07 Å². The van der Waals surface area contributed by atoms with Gasteiger partial charge in [-0.05, 0) is 91.4 Å². The molecule has 5 rings (SSSR count). The highest BCUT2D eigenvalue weighted by Crippen LogP contribution is 2.76. The molecule has 3 fully saturated rings. The summed E-state index contributed by atoms with van der Waals surface area (Å²) in [5.74, 6) is 0.488. The van der Waals surface area contributed by atoms with E-state index in [2.05, 4.69) is 46.8 Å². The molecular formula is C34H47NO3. The number of hydrogen-bond acceptors (Lipinski definition) is 4. The Morgan fingerprint density at radius 3 is 2.29 bits per heavy atom. The van der Waals surface area contributed by atoms with Crippen LogP contribution in [0.25, 0.3) is 0 Å². The quantitative estimate of drug-likeness (QED) is 0.333. The maximum absolute atomic E-state index is 13.5. The van der Waals surface area contributed by atoms with Crippen molar-refractivity contribution in [2.45, 2.75) is 100 Å². The Hall–Kier alpha value is -2.15. The molecule has 5 aliphatic rings. The number of rotatable bonds is 1. The summed E-state index contributed by atoms with van der Waals surface area (Å²) in [6, 6.07) is 2.30.